The SMILES string of the molecule is CCc1c(NC(=N)N)ccc(C(=O)O)c1C1(C)CCc2c(C)c(O)c(C)c(C)c2O1.Cl. The number of halogens is 1. The van der Waals surface area contributed by atoms with Crippen LogP contribution in [-0.2, 0) is 18.4 Å². The molecule has 7 nitrogen and oxygen atoms in total. The second-order valence-corrected chi connectivity index (χ2v) is 8.08. The van der Waals surface area contributed by atoms with E-state index in [-0.39, 0.29) is 29.7 Å². The van der Waals surface area contributed by atoms with E-state index in [4.69, 9.17) is 15.9 Å². The number of anilines is 1. The molecular weight excluding hydrogens is 418 g/mol. The van der Waals surface area contributed by atoms with Crippen LogP contribution >= 0.6 is 12.4 Å². The number of nitrogens with one attached hydrogen (secondary N) is 2. The molecule has 1 unspecified atom stereocenters. The van der Waals surface area contributed by atoms with Gasteiger partial charge in [0, 0.05) is 16.8 Å². The van der Waals surface area contributed by atoms with E-state index in [1.54, 1.807) is 6.07 Å². The van der Waals surface area contributed by atoms with Crippen molar-refractivity contribution in [1.82, 2.24) is 0 Å². The Hall–Kier alpha value is -2.93. The monoisotopic (exact) mass is 447 g/mol. The van der Waals surface area contributed by atoms with Crippen LogP contribution in [0.2, 0.25) is 0 Å². The van der Waals surface area contributed by atoms with Crippen LogP contribution in [0, 0.1) is 26.2 Å². The Labute approximate surface area is 188 Å². The zero-order valence-electron chi connectivity index (χ0n) is 18.5. The van der Waals surface area contributed by atoms with Crippen LogP contribution in [0.4, 0.5) is 5.69 Å². The highest BCUT2D eigenvalue weighted by Gasteiger charge is 2.40. The summed E-state index contributed by atoms with van der Waals surface area (Å²) in [6.07, 6.45) is 1.75. The van der Waals surface area contributed by atoms with Crippen molar-refractivity contribution in [2.24, 2.45) is 5.73 Å². The number of benzene rings is 2. The summed E-state index contributed by atoms with van der Waals surface area (Å²) in [5.74, 6) is -0.248. The van der Waals surface area contributed by atoms with E-state index >= 15 is 0 Å². The van der Waals surface area contributed by atoms with Crippen molar-refractivity contribution < 1.29 is 19.7 Å². The molecule has 0 amide bonds. The third-order valence-corrected chi connectivity index (χ3v) is 6.21. The van der Waals surface area contributed by atoms with Gasteiger partial charge in [-0.2, -0.15) is 0 Å². The molecule has 1 aliphatic heterocycles. The summed E-state index contributed by atoms with van der Waals surface area (Å²) in [4.78, 5) is 12.1. The first kappa shape index (κ1) is 24.3. The van der Waals surface area contributed by atoms with Gasteiger partial charge in [-0.25, -0.2) is 4.79 Å². The second-order valence-electron chi connectivity index (χ2n) is 8.08. The second kappa shape index (κ2) is 8.67. The third kappa shape index (κ3) is 4.02. The van der Waals surface area contributed by atoms with Crippen molar-refractivity contribution in [2.45, 2.75) is 59.5 Å². The molecule has 0 spiro atoms. The number of carboxylic acid groups (broad SMARTS) is 1. The van der Waals surface area contributed by atoms with Crippen molar-refractivity contribution in [3.05, 3.63) is 51.1 Å². The number of hydrogen-bond acceptors (Lipinski definition) is 4. The maximum absolute atomic E-state index is 12.1. The predicted molar refractivity (Wildman–Crippen MR) is 124 cm³/mol. The molecule has 1 heterocycles. The highest BCUT2D eigenvalue weighted by Crippen LogP contribution is 2.48. The normalized spacial score (nSPS) is 17.2. The van der Waals surface area contributed by atoms with Crippen LogP contribution in [0.15, 0.2) is 12.1 Å². The molecule has 6 N–H and O–H groups in total. The number of ether oxygens (including phenoxy) is 1. The molecule has 31 heavy (non-hydrogen) atoms. The average Bonchev–Trinajstić information content (AvgIpc) is 2.69. The van der Waals surface area contributed by atoms with E-state index in [1.807, 2.05) is 34.6 Å². The van der Waals surface area contributed by atoms with Crippen LogP contribution < -0.4 is 15.8 Å². The lowest BCUT2D eigenvalue weighted by Gasteiger charge is -2.40. The summed E-state index contributed by atoms with van der Waals surface area (Å²) in [5, 5.41) is 30.8. The van der Waals surface area contributed by atoms with E-state index in [9.17, 15) is 15.0 Å². The molecule has 1 aliphatic rings. The summed E-state index contributed by atoms with van der Waals surface area (Å²) in [6, 6.07) is 3.18. The molecule has 3 rings (SSSR count). The van der Waals surface area contributed by atoms with E-state index in [0.29, 0.717) is 36.3 Å². The lowest BCUT2D eigenvalue weighted by molar-refractivity contribution is 0.0542. The van der Waals surface area contributed by atoms with Gasteiger partial charge in [-0.3, -0.25) is 5.41 Å². The number of fused-ring (bicyclic) bond motifs is 1. The summed E-state index contributed by atoms with van der Waals surface area (Å²) in [7, 11) is 0. The predicted octanol–water partition coefficient (Wildman–Crippen LogP) is 4.55. The van der Waals surface area contributed by atoms with Crippen LogP contribution in [0.5, 0.6) is 11.5 Å². The molecule has 8 heteroatoms. The first-order chi connectivity index (χ1) is 14.0. The van der Waals surface area contributed by atoms with E-state index in [2.05, 4.69) is 5.32 Å². The molecule has 2 aromatic carbocycles. The molecule has 168 valence electrons. The number of aromatic hydroxyl groups is 1. The Morgan fingerprint density at radius 2 is 1.90 bits per heavy atom. The van der Waals surface area contributed by atoms with E-state index < -0.39 is 11.6 Å². The van der Waals surface area contributed by atoms with Crippen LogP contribution in [0.1, 0.15) is 64.0 Å². The van der Waals surface area contributed by atoms with Crippen LogP contribution in [-0.4, -0.2) is 22.1 Å². The molecule has 0 fully saturated rings. The molecule has 1 atom stereocenters. The molecule has 0 aliphatic carbocycles. The molecule has 0 aromatic heterocycles. The zero-order valence-corrected chi connectivity index (χ0v) is 19.3. The number of phenolic OH excluding ortho intramolecular Hbond substituents is 1. The molecule has 0 bridgehead atoms. The minimum Gasteiger partial charge on any atom is -0.507 e. The lowest BCUT2D eigenvalue weighted by Crippen LogP contribution is -2.37. The maximum atomic E-state index is 12.1. The van der Waals surface area contributed by atoms with Gasteiger partial charge in [0.15, 0.2) is 5.96 Å². The molecule has 2 aromatic rings. The van der Waals surface area contributed by atoms with E-state index in [1.165, 1.54) is 6.07 Å². The summed E-state index contributed by atoms with van der Waals surface area (Å²) < 4.78 is 6.56. The van der Waals surface area contributed by atoms with Gasteiger partial charge in [-0.1, -0.05) is 6.92 Å². The number of rotatable bonds is 4. The standard InChI is InChI=1S/C23H29N3O4.ClH/c1-6-14-17(26-22(24)25)8-7-16(21(28)29)18(14)23(5)10-9-15-13(4)19(27)11(2)12(3)20(15)30-23;/h7-8,27H,6,9-10H2,1-5H3,(H,28,29)(H4,24,25,26);1H. The molecule has 0 saturated carbocycles. The zero-order chi connectivity index (χ0) is 22.4. The topological polar surface area (TPSA) is 129 Å². The van der Waals surface area contributed by atoms with Crippen molar-refractivity contribution in [3.8, 4) is 11.5 Å². The number of phenols is 1. The number of hydrogen-bond donors (Lipinski definition) is 5. The number of guanidine groups is 1. The first-order valence-corrected chi connectivity index (χ1v) is 10.0. The Balaban J connectivity index is 0.00000341. The Kier molecular flexibility index (Phi) is 6.81. The smallest absolute Gasteiger partial charge is 0.336 e. The number of carboxylic acids is 1. The number of aromatic carboxylic acids is 1. The summed E-state index contributed by atoms with van der Waals surface area (Å²) >= 11 is 0. The third-order valence-electron chi connectivity index (χ3n) is 6.21. The van der Waals surface area contributed by atoms with Gasteiger partial charge in [0.1, 0.15) is 17.1 Å². The van der Waals surface area contributed by atoms with Crippen molar-refractivity contribution in [1.29, 1.82) is 5.41 Å². The molecule has 0 saturated heterocycles. The van der Waals surface area contributed by atoms with Gasteiger partial charge in [0.25, 0.3) is 0 Å². The van der Waals surface area contributed by atoms with Gasteiger partial charge in [-0.15, -0.1) is 12.4 Å². The number of nitrogens with two attached hydrogens (primary N) is 1. The number of carbonyl (C=O) groups is 1. The maximum Gasteiger partial charge on any atom is 0.336 e. The fourth-order valence-electron chi connectivity index (χ4n) is 4.48. The van der Waals surface area contributed by atoms with Crippen molar-refractivity contribution in [2.75, 3.05) is 5.32 Å². The Morgan fingerprint density at radius 1 is 1.26 bits per heavy atom. The quantitative estimate of drug-likeness (QED) is 0.345. The Morgan fingerprint density at radius 3 is 2.45 bits per heavy atom. The van der Waals surface area contributed by atoms with Gasteiger partial charge in [0.2, 0.25) is 0 Å². The highest BCUT2D eigenvalue weighted by atomic mass is 35.5. The van der Waals surface area contributed by atoms with Crippen molar-refractivity contribution in [3.63, 3.8) is 0 Å². The molecule has 0 radical (unpaired) electrons. The van der Waals surface area contributed by atoms with Crippen molar-refractivity contribution >= 4 is 30.0 Å². The summed E-state index contributed by atoms with van der Waals surface area (Å²) in [6.45, 7) is 9.49. The van der Waals surface area contributed by atoms with Crippen LogP contribution in [0.25, 0.3) is 0 Å². The minimum absolute atomic E-state index is 0. The van der Waals surface area contributed by atoms with Gasteiger partial charge in [0.05, 0.1) is 5.56 Å². The largest absolute Gasteiger partial charge is 0.507 e. The Bertz CT molecular complexity index is 1070. The highest BCUT2D eigenvalue weighted by molar-refractivity contribution is 5.95. The van der Waals surface area contributed by atoms with Gasteiger partial charge >= 0.3 is 5.97 Å². The van der Waals surface area contributed by atoms with Crippen LogP contribution in [0.3, 0.4) is 0 Å². The molecular formula is C23H30ClN3O4. The fourth-order valence-corrected chi connectivity index (χ4v) is 4.48. The summed E-state index contributed by atoms with van der Waals surface area (Å²) in [5.41, 5.74) is 10.2. The average molecular weight is 448 g/mol. The van der Waals surface area contributed by atoms with E-state index in [0.717, 1.165) is 27.8 Å². The fraction of sp³-hybridized carbons (Fsp3) is 0.391. The minimum atomic E-state index is -1.03. The first-order valence-electron chi connectivity index (χ1n) is 10.0. The van der Waals surface area contributed by atoms with Gasteiger partial charge in [-0.05, 0) is 81.3 Å². The lowest BCUT2D eigenvalue weighted by atomic mass is 9.78. The van der Waals surface area contributed by atoms with Gasteiger partial charge < -0.3 is 26.0 Å².